The van der Waals surface area contributed by atoms with Crippen molar-refractivity contribution in [3.05, 3.63) is 23.7 Å². The van der Waals surface area contributed by atoms with Crippen LogP contribution in [0.3, 0.4) is 0 Å². The van der Waals surface area contributed by atoms with Gasteiger partial charge in [-0.1, -0.05) is 6.92 Å². The smallest absolute Gasteiger partial charge is 0.249 e. The van der Waals surface area contributed by atoms with Crippen molar-refractivity contribution >= 4 is 5.90 Å². The summed E-state index contributed by atoms with van der Waals surface area (Å²) in [6.07, 6.45) is 1.20. The van der Waals surface area contributed by atoms with E-state index in [0.717, 1.165) is 11.7 Å². The molecule has 2 unspecified atom stereocenters. The third-order valence-electron chi connectivity index (χ3n) is 2.53. The highest BCUT2D eigenvalue weighted by Gasteiger charge is 2.36. The lowest BCUT2D eigenvalue weighted by atomic mass is 10.3. The van der Waals surface area contributed by atoms with E-state index in [4.69, 9.17) is 14.6 Å². The van der Waals surface area contributed by atoms with Crippen LogP contribution < -0.4 is 0 Å². The maximum absolute atomic E-state index is 7.39. The van der Waals surface area contributed by atoms with Gasteiger partial charge in [-0.15, -0.1) is 0 Å². The molecule has 1 aliphatic rings. The molecule has 1 saturated carbocycles. The molecule has 0 radical (unpaired) electrons. The number of methoxy groups -OCH3 is 1. The van der Waals surface area contributed by atoms with E-state index < -0.39 is 0 Å². The minimum Gasteiger partial charge on any atom is -0.479 e. The fourth-order valence-corrected chi connectivity index (χ4v) is 1.49. The molecule has 1 heterocycles. The number of nitrogens with one attached hydrogen (secondary N) is 1. The Morgan fingerprint density at radius 3 is 2.85 bits per heavy atom. The van der Waals surface area contributed by atoms with Crippen LogP contribution in [0.2, 0.25) is 0 Å². The van der Waals surface area contributed by atoms with Crippen LogP contribution >= 0.6 is 0 Å². The van der Waals surface area contributed by atoms with E-state index in [-0.39, 0.29) is 5.90 Å². The van der Waals surface area contributed by atoms with E-state index in [2.05, 4.69) is 6.92 Å². The molecule has 1 aromatic rings. The molecule has 0 bridgehead atoms. The Morgan fingerprint density at radius 1 is 1.62 bits per heavy atom. The van der Waals surface area contributed by atoms with Gasteiger partial charge in [0, 0.05) is 5.92 Å². The van der Waals surface area contributed by atoms with Crippen LogP contribution in [0.5, 0.6) is 0 Å². The molecule has 70 valence electrons. The van der Waals surface area contributed by atoms with Gasteiger partial charge in [-0.25, -0.2) is 0 Å². The van der Waals surface area contributed by atoms with Gasteiger partial charge in [0.15, 0.2) is 5.76 Å². The summed E-state index contributed by atoms with van der Waals surface area (Å²) in [6, 6.07) is 3.74. The van der Waals surface area contributed by atoms with Crippen LogP contribution in [0.25, 0.3) is 0 Å². The van der Waals surface area contributed by atoms with Crippen molar-refractivity contribution in [2.45, 2.75) is 19.3 Å². The zero-order chi connectivity index (χ0) is 9.42. The van der Waals surface area contributed by atoms with Gasteiger partial charge in [-0.2, -0.15) is 0 Å². The standard InChI is InChI=1S/C10H13NO2/c1-6-5-7(6)8-3-4-9(13-8)10(11)12-2/h3-4,6-7,11H,5H2,1-2H3. The van der Waals surface area contributed by atoms with E-state index in [9.17, 15) is 0 Å². The number of hydrogen-bond acceptors (Lipinski definition) is 3. The highest BCUT2D eigenvalue weighted by atomic mass is 16.5. The van der Waals surface area contributed by atoms with Gasteiger partial charge >= 0.3 is 0 Å². The second-order valence-corrected chi connectivity index (χ2v) is 3.55. The second-order valence-electron chi connectivity index (χ2n) is 3.55. The van der Waals surface area contributed by atoms with Crippen molar-refractivity contribution in [2.24, 2.45) is 5.92 Å². The molecule has 1 aromatic heterocycles. The molecular formula is C10H13NO2. The van der Waals surface area contributed by atoms with Crippen molar-refractivity contribution in [1.82, 2.24) is 0 Å². The van der Waals surface area contributed by atoms with Crippen LogP contribution in [0.4, 0.5) is 0 Å². The molecule has 2 atom stereocenters. The molecule has 13 heavy (non-hydrogen) atoms. The number of hydrogen-bond donors (Lipinski definition) is 1. The molecule has 2 rings (SSSR count). The summed E-state index contributed by atoms with van der Waals surface area (Å²) in [7, 11) is 1.48. The minimum absolute atomic E-state index is 0.0968. The maximum atomic E-state index is 7.39. The van der Waals surface area contributed by atoms with Gasteiger partial charge in [0.05, 0.1) is 7.11 Å². The Kier molecular flexibility index (Phi) is 1.87. The average molecular weight is 179 g/mol. The van der Waals surface area contributed by atoms with Gasteiger partial charge in [-0.05, 0) is 24.5 Å². The van der Waals surface area contributed by atoms with Gasteiger partial charge < -0.3 is 9.15 Å². The first-order valence-electron chi connectivity index (χ1n) is 4.45. The summed E-state index contributed by atoms with van der Waals surface area (Å²) in [6.45, 7) is 2.20. The van der Waals surface area contributed by atoms with Crippen LogP contribution in [0, 0.1) is 11.3 Å². The van der Waals surface area contributed by atoms with Gasteiger partial charge in [-0.3, -0.25) is 5.41 Å². The summed E-state index contributed by atoms with van der Waals surface area (Å²) >= 11 is 0. The van der Waals surface area contributed by atoms with E-state index in [0.29, 0.717) is 11.7 Å². The van der Waals surface area contributed by atoms with Crippen LogP contribution in [0.15, 0.2) is 16.5 Å². The summed E-state index contributed by atoms with van der Waals surface area (Å²) < 4.78 is 10.2. The zero-order valence-corrected chi connectivity index (χ0v) is 7.83. The fraction of sp³-hybridized carbons (Fsp3) is 0.500. The van der Waals surface area contributed by atoms with Crippen LogP contribution in [-0.4, -0.2) is 13.0 Å². The Labute approximate surface area is 77.2 Å². The first-order valence-corrected chi connectivity index (χ1v) is 4.45. The molecule has 3 heteroatoms. The van der Waals surface area contributed by atoms with Gasteiger partial charge in [0.2, 0.25) is 5.90 Å². The van der Waals surface area contributed by atoms with Crippen molar-refractivity contribution in [3.8, 4) is 0 Å². The van der Waals surface area contributed by atoms with Crippen molar-refractivity contribution in [2.75, 3.05) is 7.11 Å². The highest BCUT2D eigenvalue weighted by molar-refractivity contribution is 5.88. The molecule has 1 N–H and O–H groups in total. The largest absolute Gasteiger partial charge is 0.479 e. The molecule has 0 aliphatic heterocycles. The topological polar surface area (TPSA) is 46.2 Å². The normalized spacial score (nSPS) is 25.7. The van der Waals surface area contributed by atoms with Gasteiger partial charge in [0.1, 0.15) is 5.76 Å². The Bertz CT molecular complexity index is 329. The van der Waals surface area contributed by atoms with Crippen molar-refractivity contribution in [1.29, 1.82) is 5.41 Å². The number of furan rings is 1. The van der Waals surface area contributed by atoms with Crippen molar-refractivity contribution in [3.63, 3.8) is 0 Å². The quantitative estimate of drug-likeness (QED) is 0.559. The predicted molar refractivity (Wildman–Crippen MR) is 49.1 cm³/mol. The predicted octanol–water partition coefficient (Wildman–Crippen LogP) is 2.37. The number of rotatable bonds is 2. The molecule has 0 aromatic carbocycles. The summed E-state index contributed by atoms with van der Waals surface area (Å²) in [5.41, 5.74) is 0. The highest BCUT2D eigenvalue weighted by Crippen LogP contribution is 2.47. The summed E-state index contributed by atoms with van der Waals surface area (Å²) in [4.78, 5) is 0. The monoisotopic (exact) mass is 179 g/mol. The lowest BCUT2D eigenvalue weighted by Gasteiger charge is -1.96. The Balaban J connectivity index is 2.14. The maximum Gasteiger partial charge on any atom is 0.249 e. The lowest BCUT2D eigenvalue weighted by Crippen LogP contribution is -1.98. The average Bonchev–Trinajstić information content (AvgIpc) is 2.70. The molecule has 0 spiro atoms. The second kappa shape index (κ2) is 2.91. The van der Waals surface area contributed by atoms with Gasteiger partial charge in [0.25, 0.3) is 0 Å². The van der Waals surface area contributed by atoms with Crippen LogP contribution in [-0.2, 0) is 4.74 Å². The zero-order valence-electron chi connectivity index (χ0n) is 7.83. The first kappa shape index (κ1) is 8.35. The molecular weight excluding hydrogens is 166 g/mol. The summed E-state index contributed by atoms with van der Waals surface area (Å²) in [5, 5.41) is 7.39. The third-order valence-corrected chi connectivity index (χ3v) is 2.53. The van der Waals surface area contributed by atoms with E-state index in [1.54, 1.807) is 6.07 Å². The Morgan fingerprint density at radius 2 is 2.31 bits per heavy atom. The van der Waals surface area contributed by atoms with E-state index in [1.807, 2.05) is 6.07 Å². The molecule has 1 fully saturated rings. The fourth-order valence-electron chi connectivity index (χ4n) is 1.49. The molecule has 0 amide bonds. The summed E-state index contributed by atoms with van der Waals surface area (Å²) in [5.74, 6) is 2.91. The lowest BCUT2D eigenvalue weighted by molar-refractivity contribution is 0.379. The van der Waals surface area contributed by atoms with Crippen molar-refractivity contribution < 1.29 is 9.15 Å². The SMILES string of the molecule is COC(=N)c1ccc(C2CC2C)o1. The Hall–Kier alpha value is -1.25. The molecule has 0 saturated heterocycles. The van der Waals surface area contributed by atoms with Crippen LogP contribution in [0.1, 0.15) is 30.8 Å². The van der Waals surface area contributed by atoms with E-state index in [1.165, 1.54) is 13.5 Å². The third kappa shape index (κ3) is 1.46. The number of ether oxygens (including phenoxy) is 1. The molecule has 3 nitrogen and oxygen atoms in total. The first-order chi connectivity index (χ1) is 6.22. The minimum atomic E-state index is 0.0968. The van der Waals surface area contributed by atoms with E-state index >= 15 is 0 Å². The molecule has 1 aliphatic carbocycles.